The van der Waals surface area contributed by atoms with Crippen LogP contribution in [-0.4, -0.2) is 24.6 Å². The van der Waals surface area contributed by atoms with Crippen LogP contribution >= 0.6 is 23.2 Å². The molecule has 2 atom stereocenters. The number of ether oxygens (including phenoxy) is 2. The Balaban J connectivity index is 2.03. The first-order valence-electron chi connectivity index (χ1n) is 5.37. The number of ketones is 1. The molecule has 1 aliphatic carbocycles. The van der Waals surface area contributed by atoms with Crippen molar-refractivity contribution in [2.75, 3.05) is 6.61 Å². The van der Waals surface area contributed by atoms with Gasteiger partial charge in [-0.15, -0.1) is 0 Å². The van der Waals surface area contributed by atoms with E-state index >= 15 is 0 Å². The zero-order valence-corrected chi connectivity index (χ0v) is 10.8. The number of benzene rings is 1. The molecule has 1 aromatic rings. The van der Waals surface area contributed by atoms with Crippen molar-refractivity contribution in [1.29, 1.82) is 0 Å². The summed E-state index contributed by atoms with van der Waals surface area (Å²) in [5.41, 5.74) is 0. The number of Topliss-reactive ketones (excluding diaryl/α,β-unsaturated/α-hetero) is 1. The van der Waals surface area contributed by atoms with Crippen LogP contribution in [0.2, 0.25) is 10.0 Å². The van der Waals surface area contributed by atoms with Gasteiger partial charge >= 0.3 is 0 Å². The first-order chi connectivity index (χ1) is 8.10. The SMILES string of the molecule is CCOC1C(=O)CC1Oc1cc(Cl)cc(Cl)c1. The van der Waals surface area contributed by atoms with Gasteiger partial charge in [-0.05, 0) is 25.1 Å². The average molecular weight is 275 g/mol. The molecule has 1 aliphatic rings. The molecule has 17 heavy (non-hydrogen) atoms. The van der Waals surface area contributed by atoms with Crippen LogP contribution in [0, 0.1) is 0 Å². The van der Waals surface area contributed by atoms with Crippen LogP contribution in [0.15, 0.2) is 18.2 Å². The summed E-state index contributed by atoms with van der Waals surface area (Å²) in [5.74, 6) is 0.634. The molecule has 2 rings (SSSR count). The molecule has 1 saturated carbocycles. The minimum absolute atomic E-state index is 0.0741. The number of hydrogen-bond acceptors (Lipinski definition) is 3. The molecule has 1 fully saturated rings. The molecule has 5 heteroatoms. The van der Waals surface area contributed by atoms with Crippen LogP contribution in [0.25, 0.3) is 0 Å². The van der Waals surface area contributed by atoms with Crippen LogP contribution in [-0.2, 0) is 9.53 Å². The van der Waals surface area contributed by atoms with E-state index in [2.05, 4.69) is 0 Å². The van der Waals surface area contributed by atoms with Gasteiger partial charge in [0.15, 0.2) is 11.9 Å². The smallest absolute Gasteiger partial charge is 0.169 e. The van der Waals surface area contributed by atoms with Gasteiger partial charge in [0.1, 0.15) is 11.9 Å². The van der Waals surface area contributed by atoms with E-state index in [1.165, 1.54) is 0 Å². The lowest BCUT2D eigenvalue weighted by molar-refractivity contribution is -0.154. The predicted molar refractivity (Wildman–Crippen MR) is 65.9 cm³/mol. The van der Waals surface area contributed by atoms with Gasteiger partial charge in [-0.1, -0.05) is 23.2 Å². The molecule has 2 unspecified atom stereocenters. The van der Waals surface area contributed by atoms with Crippen LogP contribution in [0.3, 0.4) is 0 Å². The molecule has 0 heterocycles. The Morgan fingerprint density at radius 2 is 1.94 bits per heavy atom. The zero-order chi connectivity index (χ0) is 12.4. The highest BCUT2D eigenvalue weighted by molar-refractivity contribution is 6.34. The third kappa shape index (κ3) is 2.92. The van der Waals surface area contributed by atoms with Crippen molar-refractivity contribution in [2.45, 2.75) is 25.6 Å². The summed E-state index contributed by atoms with van der Waals surface area (Å²) in [5, 5.41) is 1.01. The summed E-state index contributed by atoms with van der Waals surface area (Å²) in [6, 6.07) is 4.96. The van der Waals surface area contributed by atoms with E-state index in [0.29, 0.717) is 28.8 Å². The molecular weight excluding hydrogens is 263 g/mol. The fourth-order valence-electron chi connectivity index (χ4n) is 1.72. The van der Waals surface area contributed by atoms with E-state index in [4.69, 9.17) is 32.7 Å². The molecule has 1 aromatic carbocycles. The van der Waals surface area contributed by atoms with E-state index in [1.807, 2.05) is 6.92 Å². The number of rotatable bonds is 4. The van der Waals surface area contributed by atoms with Crippen molar-refractivity contribution >= 4 is 29.0 Å². The lowest BCUT2D eigenvalue weighted by Gasteiger charge is -2.34. The summed E-state index contributed by atoms with van der Waals surface area (Å²) in [6.07, 6.45) is -0.329. The second kappa shape index (κ2) is 5.25. The number of hydrogen-bond donors (Lipinski definition) is 0. The molecule has 3 nitrogen and oxygen atoms in total. The Bertz CT molecular complexity index is 414. The molecule has 0 amide bonds. The highest BCUT2D eigenvalue weighted by Crippen LogP contribution is 2.29. The molecule has 0 radical (unpaired) electrons. The molecule has 0 aromatic heterocycles. The second-order valence-corrected chi connectivity index (χ2v) is 4.68. The highest BCUT2D eigenvalue weighted by atomic mass is 35.5. The van der Waals surface area contributed by atoms with Crippen LogP contribution in [0.1, 0.15) is 13.3 Å². The maximum absolute atomic E-state index is 11.3. The summed E-state index contributed by atoms with van der Waals surface area (Å²) in [6.45, 7) is 2.34. The normalized spacial score (nSPS) is 23.4. The second-order valence-electron chi connectivity index (χ2n) is 3.81. The summed E-state index contributed by atoms with van der Waals surface area (Å²) < 4.78 is 10.9. The molecular formula is C12H12Cl2O3. The monoisotopic (exact) mass is 274 g/mol. The fraction of sp³-hybridized carbons (Fsp3) is 0.417. The van der Waals surface area contributed by atoms with E-state index in [-0.39, 0.29) is 11.9 Å². The molecule has 92 valence electrons. The first kappa shape index (κ1) is 12.7. The summed E-state index contributed by atoms with van der Waals surface area (Å²) in [7, 11) is 0. The molecule has 0 bridgehead atoms. The standard InChI is InChI=1S/C12H12Cl2O3/c1-2-16-12-10(15)6-11(12)17-9-4-7(13)3-8(14)5-9/h3-5,11-12H,2,6H2,1H3. The molecule has 0 saturated heterocycles. The zero-order valence-electron chi connectivity index (χ0n) is 9.28. The molecule has 0 spiro atoms. The highest BCUT2D eigenvalue weighted by Gasteiger charge is 2.42. The van der Waals surface area contributed by atoms with Crippen LogP contribution < -0.4 is 4.74 Å². The Labute approximate surface area is 110 Å². The summed E-state index contributed by atoms with van der Waals surface area (Å²) >= 11 is 11.7. The predicted octanol–water partition coefficient (Wildman–Crippen LogP) is 3.12. The van der Waals surface area contributed by atoms with Crippen molar-refractivity contribution in [1.82, 2.24) is 0 Å². The van der Waals surface area contributed by atoms with Crippen molar-refractivity contribution in [3.05, 3.63) is 28.2 Å². The van der Waals surface area contributed by atoms with E-state index in [0.717, 1.165) is 0 Å². The maximum Gasteiger partial charge on any atom is 0.169 e. The van der Waals surface area contributed by atoms with Crippen molar-refractivity contribution in [3.63, 3.8) is 0 Å². The van der Waals surface area contributed by atoms with E-state index in [1.54, 1.807) is 18.2 Å². The third-order valence-corrected chi connectivity index (χ3v) is 2.96. The lowest BCUT2D eigenvalue weighted by atomic mass is 9.90. The minimum Gasteiger partial charge on any atom is -0.487 e. The van der Waals surface area contributed by atoms with Gasteiger partial charge in [-0.2, -0.15) is 0 Å². The Hall–Kier alpha value is -0.770. The number of carbonyl (C=O) groups excluding carboxylic acids is 1. The lowest BCUT2D eigenvalue weighted by Crippen LogP contribution is -2.52. The van der Waals surface area contributed by atoms with E-state index in [9.17, 15) is 4.79 Å². The van der Waals surface area contributed by atoms with Crippen LogP contribution in [0.4, 0.5) is 0 Å². The van der Waals surface area contributed by atoms with Gasteiger partial charge in [0.05, 0.1) is 0 Å². The average Bonchev–Trinajstić information content (AvgIpc) is 2.24. The topological polar surface area (TPSA) is 35.5 Å². The number of halogens is 2. The van der Waals surface area contributed by atoms with Crippen molar-refractivity contribution < 1.29 is 14.3 Å². The molecule has 0 N–H and O–H groups in total. The summed E-state index contributed by atoms with van der Waals surface area (Å²) in [4.78, 5) is 11.3. The van der Waals surface area contributed by atoms with Gasteiger partial charge in [-0.3, -0.25) is 4.79 Å². The van der Waals surface area contributed by atoms with E-state index < -0.39 is 6.10 Å². The minimum atomic E-state index is -0.460. The largest absolute Gasteiger partial charge is 0.487 e. The van der Waals surface area contributed by atoms with Crippen molar-refractivity contribution in [3.8, 4) is 5.75 Å². The van der Waals surface area contributed by atoms with Gasteiger partial charge in [0, 0.05) is 23.1 Å². The van der Waals surface area contributed by atoms with Crippen LogP contribution in [0.5, 0.6) is 5.75 Å². The molecule has 0 aliphatic heterocycles. The first-order valence-corrected chi connectivity index (χ1v) is 6.13. The fourth-order valence-corrected chi connectivity index (χ4v) is 2.23. The Morgan fingerprint density at radius 1 is 1.29 bits per heavy atom. The third-order valence-electron chi connectivity index (χ3n) is 2.53. The maximum atomic E-state index is 11.3. The van der Waals surface area contributed by atoms with Gasteiger partial charge < -0.3 is 9.47 Å². The quantitative estimate of drug-likeness (QED) is 0.846. The van der Waals surface area contributed by atoms with Gasteiger partial charge in [-0.25, -0.2) is 0 Å². The Morgan fingerprint density at radius 3 is 2.47 bits per heavy atom. The number of carbonyl (C=O) groups is 1. The Kier molecular flexibility index (Phi) is 3.92. The van der Waals surface area contributed by atoms with Crippen molar-refractivity contribution in [2.24, 2.45) is 0 Å². The van der Waals surface area contributed by atoms with Gasteiger partial charge in [0.2, 0.25) is 0 Å². The van der Waals surface area contributed by atoms with Gasteiger partial charge in [0.25, 0.3) is 0 Å².